The molecule has 1 aliphatic heterocycles. The normalized spacial score (nSPS) is 27.5. The number of carbonyl (C=O) groups is 1. The number of carbonyl (C=O) groups excluding carboxylic acids is 1. The summed E-state index contributed by atoms with van der Waals surface area (Å²) in [6.07, 6.45) is 5.10. The standard InChI is InChI=1S/C25H30N2O/c28-25(23-18-19-11-12-22(23)17-19)27-15-13-26(14-16-27)24(20-7-3-1-4-8-20)21-9-5-2-6-10-21/h1-10,19,22-24H,11-18H2/t19-,22-,23-/m1/s1. The van der Waals surface area contributed by atoms with Gasteiger partial charge in [-0.2, -0.15) is 0 Å². The molecule has 5 rings (SSSR count). The lowest BCUT2D eigenvalue weighted by molar-refractivity contribution is -0.139. The van der Waals surface area contributed by atoms with Crippen LogP contribution in [-0.2, 0) is 4.79 Å². The van der Waals surface area contributed by atoms with Gasteiger partial charge in [-0.15, -0.1) is 0 Å². The van der Waals surface area contributed by atoms with Crippen molar-refractivity contribution in [2.45, 2.75) is 31.7 Å². The molecule has 1 saturated heterocycles. The van der Waals surface area contributed by atoms with Crippen molar-refractivity contribution in [3.8, 4) is 0 Å². The lowest BCUT2D eigenvalue weighted by Gasteiger charge is -2.41. The number of benzene rings is 2. The van der Waals surface area contributed by atoms with E-state index in [0.29, 0.717) is 17.7 Å². The van der Waals surface area contributed by atoms with Crippen LogP contribution in [0.4, 0.5) is 0 Å². The van der Waals surface area contributed by atoms with Crippen molar-refractivity contribution in [1.29, 1.82) is 0 Å². The highest BCUT2D eigenvalue weighted by Crippen LogP contribution is 2.49. The molecular weight excluding hydrogens is 344 g/mol. The summed E-state index contributed by atoms with van der Waals surface area (Å²) in [7, 11) is 0. The van der Waals surface area contributed by atoms with Gasteiger partial charge in [-0.1, -0.05) is 67.1 Å². The molecule has 1 amide bonds. The third kappa shape index (κ3) is 3.37. The number of hydrogen-bond acceptors (Lipinski definition) is 2. The minimum atomic E-state index is 0.266. The Morgan fingerprint density at radius 2 is 1.39 bits per heavy atom. The molecule has 0 unspecified atom stereocenters. The van der Waals surface area contributed by atoms with Crippen LogP contribution in [0.5, 0.6) is 0 Å². The first kappa shape index (κ1) is 17.9. The summed E-state index contributed by atoms with van der Waals surface area (Å²) in [5.41, 5.74) is 2.67. The zero-order chi connectivity index (χ0) is 18.9. The Bertz CT molecular complexity index is 758. The minimum absolute atomic E-state index is 0.266. The first-order valence-electron chi connectivity index (χ1n) is 10.9. The molecule has 3 heteroatoms. The number of piperazine rings is 1. The lowest BCUT2D eigenvalue weighted by atomic mass is 9.87. The van der Waals surface area contributed by atoms with Gasteiger partial charge in [-0.05, 0) is 42.2 Å². The van der Waals surface area contributed by atoms with Crippen LogP contribution in [0.15, 0.2) is 60.7 Å². The zero-order valence-corrected chi connectivity index (χ0v) is 16.5. The maximum absolute atomic E-state index is 13.1. The van der Waals surface area contributed by atoms with Crippen molar-refractivity contribution in [2.24, 2.45) is 17.8 Å². The van der Waals surface area contributed by atoms with Gasteiger partial charge in [0.1, 0.15) is 0 Å². The van der Waals surface area contributed by atoms with Crippen LogP contribution in [0.1, 0.15) is 42.9 Å². The van der Waals surface area contributed by atoms with Crippen LogP contribution in [0.2, 0.25) is 0 Å². The van der Waals surface area contributed by atoms with Gasteiger partial charge in [0, 0.05) is 32.1 Å². The smallest absolute Gasteiger partial charge is 0.226 e. The van der Waals surface area contributed by atoms with Crippen LogP contribution >= 0.6 is 0 Å². The predicted octanol–water partition coefficient (Wildman–Crippen LogP) is 4.36. The van der Waals surface area contributed by atoms with E-state index in [-0.39, 0.29) is 6.04 Å². The molecule has 2 aromatic rings. The van der Waals surface area contributed by atoms with E-state index in [0.717, 1.165) is 38.5 Å². The van der Waals surface area contributed by atoms with Gasteiger partial charge in [0.25, 0.3) is 0 Å². The molecule has 3 fully saturated rings. The molecule has 1 heterocycles. The van der Waals surface area contributed by atoms with Crippen LogP contribution in [0, 0.1) is 17.8 Å². The maximum Gasteiger partial charge on any atom is 0.226 e. The van der Waals surface area contributed by atoms with Gasteiger partial charge in [-0.25, -0.2) is 0 Å². The predicted molar refractivity (Wildman–Crippen MR) is 112 cm³/mol. The van der Waals surface area contributed by atoms with Crippen LogP contribution in [0.3, 0.4) is 0 Å². The number of nitrogens with zero attached hydrogens (tertiary/aromatic N) is 2. The van der Waals surface area contributed by atoms with E-state index in [9.17, 15) is 4.79 Å². The molecule has 0 N–H and O–H groups in total. The monoisotopic (exact) mass is 374 g/mol. The topological polar surface area (TPSA) is 23.6 Å². The van der Waals surface area contributed by atoms with Gasteiger partial charge in [0.2, 0.25) is 5.91 Å². The number of fused-ring (bicyclic) bond motifs is 2. The van der Waals surface area contributed by atoms with Gasteiger partial charge < -0.3 is 4.90 Å². The first-order chi connectivity index (χ1) is 13.8. The van der Waals surface area contributed by atoms with Crippen molar-refractivity contribution >= 4 is 5.91 Å². The van der Waals surface area contributed by atoms with Crippen LogP contribution in [-0.4, -0.2) is 41.9 Å². The van der Waals surface area contributed by atoms with Crippen LogP contribution < -0.4 is 0 Å². The van der Waals surface area contributed by atoms with Crippen molar-refractivity contribution in [3.05, 3.63) is 71.8 Å². The summed E-state index contributed by atoms with van der Waals surface area (Å²) >= 11 is 0. The molecular formula is C25H30N2O. The van der Waals surface area contributed by atoms with Gasteiger partial charge in [0.15, 0.2) is 0 Å². The summed E-state index contributed by atoms with van der Waals surface area (Å²) < 4.78 is 0. The fourth-order valence-corrected chi connectivity index (χ4v) is 5.87. The number of hydrogen-bond donors (Lipinski definition) is 0. The van der Waals surface area contributed by atoms with Crippen LogP contribution in [0.25, 0.3) is 0 Å². The fraction of sp³-hybridized carbons (Fsp3) is 0.480. The molecule has 3 nitrogen and oxygen atoms in total. The summed E-state index contributed by atoms with van der Waals surface area (Å²) in [6.45, 7) is 3.62. The Morgan fingerprint density at radius 3 is 1.89 bits per heavy atom. The molecule has 2 aliphatic carbocycles. The van der Waals surface area contributed by atoms with Crippen molar-refractivity contribution in [3.63, 3.8) is 0 Å². The molecule has 146 valence electrons. The summed E-state index contributed by atoms with van der Waals surface area (Å²) in [5.74, 6) is 2.28. The third-order valence-corrected chi connectivity index (χ3v) is 7.28. The highest BCUT2D eigenvalue weighted by atomic mass is 16.2. The molecule has 0 radical (unpaired) electrons. The molecule has 3 aliphatic rings. The van der Waals surface area contributed by atoms with E-state index in [1.54, 1.807) is 0 Å². The molecule has 2 saturated carbocycles. The Balaban J connectivity index is 1.29. The quantitative estimate of drug-likeness (QED) is 0.794. The van der Waals surface area contributed by atoms with E-state index >= 15 is 0 Å². The Morgan fingerprint density at radius 1 is 0.786 bits per heavy atom. The maximum atomic E-state index is 13.1. The van der Waals surface area contributed by atoms with Gasteiger partial charge in [0.05, 0.1) is 6.04 Å². The minimum Gasteiger partial charge on any atom is -0.340 e. The SMILES string of the molecule is O=C([C@@H]1C[C@@H]2CC[C@@H]1C2)N1CCN(C(c2ccccc2)c2ccccc2)CC1. The second-order valence-corrected chi connectivity index (χ2v) is 8.87. The summed E-state index contributed by atoms with van der Waals surface area (Å²) in [4.78, 5) is 17.8. The molecule has 28 heavy (non-hydrogen) atoms. The molecule has 2 bridgehead atoms. The number of rotatable bonds is 4. The van der Waals surface area contributed by atoms with Crippen molar-refractivity contribution < 1.29 is 4.79 Å². The van der Waals surface area contributed by atoms with Crippen molar-refractivity contribution in [1.82, 2.24) is 9.80 Å². The Kier molecular flexibility index (Phi) is 4.94. The lowest BCUT2D eigenvalue weighted by Crippen LogP contribution is -2.51. The average Bonchev–Trinajstić information content (AvgIpc) is 3.39. The van der Waals surface area contributed by atoms with E-state index in [4.69, 9.17) is 0 Å². The average molecular weight is 375 g/mol. The molecule has 2 aromatic carbocycles. The van der Waals surface area contributed by atoms with Gasteiger partial charge >= 0.3 is 0 Å². The second kappa shape index (κ2) is 7.71. The Hall–Kier alpha value is -2.13. The third-order valence-electron chi connectivity index (χ3n) is 7.28. The van der Waals surface area contributed by atoms with Gasteiger partial charge in [-0.3, -0.25) is 9.69 Å². The first-order valence-corrected chi connectivity index (χ1v) is 10.9. The zero-order valence-electron chi connectivity index (χ0n) is 16.5. The largest absolute Gasteiger partial charge is 0.340 e. The highest BCUT2D eigenvalue weighted by molar-refractivity contribution is 5.79. The number of amides is 1. The summed E-state index contributed by atoms with van der Waals surface area (Å²) in [5, 5.41) is 0. The second-order valence-electron chi connectivity index (χ2n) is 8.87. The molecule has 3 atom stereocenters. The fourth-order valence-electron chi connectivity index (χ4n) is 5.87. The molecule has 0 aromatic heterocycles. The summed E-state index contributed by atoms with van der Waals surface area (Å²) in [6, 6.07) is 21.8. The highest BCUT2D eigenvalue weighted by Gasteiger charge is 2.44. The van der Waals surface area contributed by atoms with E-state index in [2.05, 4.69) is 70.5 Å². The van der Waals surface area contributed by atoms with E-state index in [1.165, 1.54) is 30.4 Å². The van der Waals surface area contributed by atoms with E-state index < -0.39 is 0 Å². The Labute approximate surface area is 168 Å². The van der Waals surface area contributed by atoms with E-state index in [1.807, 2.05) is 0 Å². The van der Waals surface area contributed by atoms with Crippen molar-refractivity contribution in [2.75, 3.05) is 26.2 Å². The molecule has 0 spiro atoms.